The van der Waals surface area contributed by atoms with Crippen LogP contribution in [0.25, 0.3) is 17.0 Å². The SMILES string of the molecule is c1ccc(N=c2ccc3nn4ccccc4nc-3c2)cc1. The topological polar surface area (TPSA) is 42.5 Å². The molecule has 4 rings (SSSR count). The Morgan fingerprint density at radius 2 is 1.67 bits per heavy atom. The first kappa shape index (κ1) is 11.8. The number of benzene rings is 2. The van der Waals surface area contributed by atoms with Gasteiger partial charge < -0.3 is 0 Å². The molecule has 0 spiro atoms. The maximum atomic E-state index is 4.62. The van der Waals surface area contributed by atoms with Crippen molar-refractivity contribution in [1.82, 2.24) is 14.6 Å². The average Bonchev–Trinajstić information content (AvgIpc) is 2.54. The maximum absolute atomic E-state index is 4.62. The fraction of sp³-hybridized carbons (Fsp3) is 0. The van der Waals surface area contributed by atoms with E-state index in [2.05, 4.69) is 15.1 Å². The van der Waals surface area contributed by atoms with E-state index < -0.39 is 0 Å². The minimum atomic E-state index is 0.821. The van der Waals surface area contributed by atoms with E-state index in [1.54, 1.807) is 4.52 Å². The zero-order valence-electron chi connectivity index (χ0n) is 11.2. The second kappa shape index (κ2) is 4.83. The number of pyridine rings is 1. The van der Waals surface area contributed by atoms with Crippen LogP contribution in [0.4, 0.5) is 5.69 Å². The largest absolute Gasteiger partial charge is 0.249 e. The van der Waals surface area contributed by atoms with Gasteiger partial charge in [0.05, 0.1) is 16.7 Å². The third kappa shape index (κ3) is 2.27. The summed E-state index contributed by atoms with van der Waals surface area (Å²) in [6.45, 7) is 0. The van der Waals surface area contributed by atoms with Gasteiger partial charge in [0.2, 0.25) is 0 Å². The standard InChI is InChI=1S/C17H12N4/c1-2-6-13(7-3-1)18-14-9-10-15-16(12-14)19-17-8-4-5-11-21(17)20-15/h1-12H. The Kier molecular flexibility index (Phi) is 2.71. The third-order valence-electron chi connectivity index (χ3n) is 3.24. The smallest absolute Gasteiger partial charge is 0.154 e. The van der Waals surface area contributed by atoms with Crippen molar-refractivity contribution in [1.29, 1.82) is 0 Å². The summed E-state index contributed by atoms with van der Waals surface area (Å²) >= 11 is 0. The van der Waals surface area contributed by atoms with Gasteiger partial charge in [-0.25, -0.2) is 14.5 Å². The Hall–Kier alpha value is -3.01. The molecule has 2 aliphatic rings. The molecular weight excluding hydrogens is 260 g/mol. The number of para-hydroxylation sites is 1. The molecule has 1 aliphatic heterocycles. The van der Waals surface area contributed by atoms with Crippen LogP contribution in [0.5, 0.6) is 0 Å². The fourth-order valence-electron chi connectivity index (χ4n) is 2.25. The second-order valence-corrected chi connectivity index (χ2v) is 4.74. The van der Waals surface area contributed by atoms with E-state index in [0.717, 1.165) is 28.1 Å². The minimum Gasteiger partial charge on any atom is -0.249 e. The van der Waals surface area contributed by atoms with Gasteiger partial charge in [0.1, 0.15) is 5.69 Å². The molecule has 1 aromatic heterocycles. The van der Waals surface area contributed by atoms with Crippen molar-refractivity contribution in [3.05, 3.63) is 78.3 Å². The highest BCUT2D eigenvalue weighted by atomic mass is 15.2. The van der Waals surface area contributed by atoms with Crippen LogP contribution in [0, 0.1) is 0 Å². The van der Waals surface area contributed by atoms with Crippen molar-refractivity contribution in [2.24, 2.45) is 4.99 Å². The van der Waals surface area contributed by atoms with E-state index in [0.29, 0.717) is 0 Å². The van der Waals surface area contributed by atoms with Crippen LogP contribution in [-0.2, 0) is 0 Å². The van der Waals surface area contributed by atoms with E-state index in [1.165, 1.54) is 0 Å². The van der Waals surface area contributed by atoms with Crippen molar-refractivity contribution in [3.8, 4) is 11.4 Å². The monoisotopic (exact) mass is 272 g/mol. The Morgan fingerprint density at radius 3 is 2.57 bits per heavy atom. The first-order chi connectivity index (χ1) is 10.4. The van der Waals surface area contributed by atoms with Gasteiger partial charge in [-0.2, -0.15) is 5.10 Å². The number of hydrogen-bond donors (Lipinski definition) is 0. The summed E-state index contributed by atoms with van der Waals surface area (Å²) in [5, 5.41) is 5.42. The minimum absolute atomic E-state index is 0.821. The fourth-order valence-corrected chi connectivity index (χ4v) is 2.25. The molecular formula is C17H12N4. The number of aromatic nitrogens is 3. The zero-order valence-corrected chi connectivity index (χ0v) is 11.2. The lowest BCUT2D eigenvalue weighted by Crippen LogP contribution is -2.07. The molecule has 21 heavy (non-hydrogen) atoms. The number of fused-ring (bicyclic) bond motifs is 2. The van der Waals surface area contributed by atoms with E-state index in [9.17, 15) is 0 Å². The molecule has 0 atom stereocenters. The highest BCUT2D eigenvalue weighted by Crippen LogP contribution is 2.15. The van der Waals surface area contributed by atoms with Gasteiger partial charge in [-0.1, -0.05) is 24.3 Å². The van der Waals surface area contributed by atoms with Crippen LogP contribution in [0.15, 0.2) is 77.9 Å². The molecule has 0 bridgehead atoms. The normalized spacial score (nSPS) is 12.1. The van der Waals surface area contributed by atoms with Gasteiger partial charge in [0.25, 0.3) is 0 Å². The predicted octanol–water partition coefficient (Wildman–Crippen LogP) is 3.07. The molecule has 0 saturated heterocycles. The van der Waals surface area contributed by atoms with Crippen LogP contribution in [0.2, 0.25) is 0 Å². The quantitative estimate of drug-likeness (QED) is 0.500. The first-order valence-corrected chi connectivity index (χ1v) is 6.74. The summed E-state index contributed by atoms with van der Waals surface area (Å²) in [6, 6.07) is 21.6. The zero-order chi connectivity index (χ0) is 14.1. The highest BCUT2D eigenvalue weighted by Gasteiger charge is 2.06. The van der Waals surface area contributed by atoms with Gasteiger partial charge in [-0.3, -0.25) is 0 Å². The summed E-state index contributed by atoms with van der Waals surface area (Å²) in [5.74, 6) is 0. The van der Waals surface area contributed by atoms with E-state index in [1.807, 2.05) is 72.9 Å². The van der Waals surface area contributed by atoms with Crippen molar-refractivity contribution in [2.75, 3.05) is 0 Å². The number of rotatable bonds is 1. The summed E-state index contributed by atoms with van der Waals surface area (Å²) in [5.41, 5.74) is 3.45. The van der Waals surface area contributed by atoms with Gasteiger partial charge in [-0.15, -0.1) is 0 Å². The number of nitrogens with zero attached hydrogens (tertiary/aromatic N) is 4. The third-order valence-corrected chi connectivity index (χ3v) is 3.24. The van der Waals surface area contributed by atoms with Gasteiger partial charge in [-0.05, 0) is 42.5 Å². The van der Waals surface area contributed by atoms with Crippen molar-refractivity contribution in [2.45, 2.75) is 0 Å². The lowest BCUT2D eigenvalue weighted by molar-refractivity contribution is 0.898. The lowest BCUT2D eigenvalue weighted by Gasteiger charge is -2.06. The summed E-state index contributed by atoms with van der Waals surface area (Å²) in [6.07, 6.45) is 1.89. The molecule has 0 radical (unpaired) electrons. The molecule has 2 heterocycles. The van der Waals surface area contributed by atoms with E-state index in [-0.39, 0.29) is 0 Å². The molecule has 0 saturated carbocycles. The predicted molar refractivity (Wildman–Crippen MR) is 81.3 cm³/mol. The van der Waals surface area contributed by atoms with Crippen LogP contribution in [0.3, 0.4) is 0 Å². The van der Waals surface area contributed by atoms with Gasteiger partial charge >= 0.3 is 0 Å². The Balaban J connectivity index is 1.92. The molecule has 4 nitrogen and oxygen atoms in total. The molecule has 4 heteroatoms. The molecule has 0 amide bonds. The second-order valence-electron chi connectivity index (χ2n) is 4.74. The Bertz CT molecular complexity index is 941. The Morgan fingerprint density at radius 1 is 0.810 bits per heavy atom. The summed E-state index contributed by atoms with van der Waals surface area (Å²) in [4.78, 5) is 9.22. The van der Waals surface area contributed by atoms with Gasteiger partial charge in [0.15, 0.2) is 5.65 Å². The molecule has 0 unspecified atom stereocenters. The Labute approximate surface area is 121 Å². The van der Waals surface area contributed by atoms with Crippen molar-refractivity contribution in [3.63, 3.8) is 0 Å². The molecule has 0 N–H and O–H groups in total. The molecule has 100 valence electrons. The highest BCUT2D eigenvalue weighted by molar-refractivity contribution is 5.58. The van der Waals surface area contributed by atoms with Crippen molar-refractivity contribution >= 4 is 11.3 Å². The molecule has 1 aromatic carbocycles. The average molecular weight is 272 g/mol. The molecule has 0 fully saturated rings. The van der Waals surface area contributed by atoms with Crippen LogP contribution in [0.1, 0.15) is 0 Å². The maximum Gasteiger partial charge on any atom is 0.154 e. The van der Waals surface area contributed by atoms with E-state index >= 15 is 0 Å². The molecule has 1 aliphatic carbocycles. The number of hydrogen-bond acceptors (Lipinski definition) is 3. The lowest BCUT2D eigenvalue weighted by atomic mass is 10.2. The summed E-state index contributed by atoms with van der Waals surface area (Å²) in [7, 11) is 0. The van der Waals surface area contributed by atoms with E-state index in [4.69, 9.17) is 0 Å². The first-order valence-electron chi connectivity index (χ1n) is 6.74. The van der Waals surface area contributed by atoms with Crippen LogP contribution in [-0.4, -0.2) is 14.6 Å². The van der Waals surface area contributed by atoms with Crippen LogP contribution < -0.4 is 5.36 Å². The van der Waals surface area contributed by atoms with Crippen LogP contribution >= 0.6 is 0 Å². The van der Waals surface area contributed by atoms with Gasteiger partial charge in [0, 0.05) is 6.20 Å². The van der Waals surface area contributed by atoms with Crippen molar-refractivity contribution < 1.29 is 0 Å². The molecule has 2 aromatic rings. The summed E-state index contributed by atoms with van der Waals surface area (Å²) < 4.78 is 1.77.